The van der Waals surface area contributed by atoms with Crippen LogP contribution in [0.15, 0.2) is 22.7 Å². The quantitative estimate of drug-likeness (QED) is 0.847. The van der Waals surface area contributed by atoms with E-state index in [4.69, 9.17) is 16.3 Å². The van der Waals surface area contributed by atoms with Gasteiger partial charge in [0.1, 0.15) is 0 Å². The van der Waals surface area contributed by atoms with Crippen molar-refractivity contribution >= 4 is 39.1 Å². The topological polar surface area (TPSA) is 50.4 Å². The van der Waals surface area contributed by atoms with Crippen molar-refractivity contribution in [3.8, 4) is 0 Å². The van der Waals surface area contributed by atoms with E-state index in [1.807, 2.05) is 0 Å². The van der Waals surface area contributed by atoms with Crippen LogP contribution in [-0.4, -0.2) is 31.7 Å². The third-order valence-corrected chi connectivity index (χ3v) is 4.15. The Kier molecular flexibility index (Phi) is 5.84. The third-order valence-electron chi connectivity index (χ3n) is 3.26. The molecule has 20 heavy (non-hydrogen) atoms. The van der Waals surface area contributed by atoms with E-state index >= 15 is 0 Å². The van der Waals surface area contributed by atoms with Crippen molar-refractivity contribution in [2.75, 3.05) is 25.1 Å². The first kappa shape index (κ1) is 15.8. The molecule has 110 valence electrons. The number of hydrogen-bond donors (Lipinski definition) is 2. The van der Waals surface area contributed by atoms with E-state index in [1.54, 1.807) is 18.2 Å². The number of hydrogen-bond acceptors (Lipinski definition) is 3. The summed E-state index contributed by atoms with van der Waals surface area (Å²) in [5, 5.41) is 6.90. The van der Waals surface area contributed by atoms with E-state index in [-0.39, 0.29) is 17.9 Å². The number of halogens is 2. The van der Waals surface area contributed by atoms with Crippen LogP contribution < -0.4 is 10.6 Å². The summed E-state index contributed by atoms with van der Waals surface area (Å²) < 4.78 is 6.19. The van der Waals surface area contributed by atoms with Gasteiger partial charge in [0.05, 0.1) is 24.8 Å². The molecule has 2 atom stereocenters. The van der Waals surface area contributed by atoms with Crippen LogP contribution in [0.2, 0.25) is 5.02 Å². The molecule has 1 aromatic rings. The average molecular weight is 362 g/mol. The lowest BCUT2D eigenvalue weighted by Crippen LogP contribution is -2.41. The van der Waals surface area contributed by atoms with Crippen molar-refractivity contribution in [3.63, 3.8) is 0 Å². The highest BCUT2D eigenvalue weighted by Crippen LogP contribution is 2.27. The zero-order valence-electron chi connectivity index (χ0n) is 11.3. The number of carbonyl (C=O) groups is 1. The highest BCUT2D eigenvalue weighted by molar-refractivity contribution is 9.10. The van der Waals surface area contributed by atoms with Crippen molar-refractivity contribution < 1.29 is 9.53 Å². The normalized spacial score (nSPS) is 21.9. The zero-order chi connectivity index (χ0) is 14.5. The number of rotatable bonds is 5. The number of ether oxygens (including phenoxy) is 1. The van der Waals surface area contributed by atoms with Gasteiger partial charge in [0.15, 0.2) is 0 Å². The molecule has 0 bridgehead atoms. The molecule has 0 aliphatic carbocycles. The molecule has 2 N–H and O–H groups in total. The second kappa shape index (κ2) is 7.41. The van der Waals surface area contributed by atoms with Crippen molar-refractivity contribution in [1.29, 1.82) is 0 Å². The van der Waals surface area contributed by atoms with E-state index in [0.717, 1.165) is 23.1 Å². The molecule has 0 aromatic heterocycles. The molecule has 1 aliphatic heterocycles. The summed E-state index contributed by atoms with van der Waals surface area (Å²) in [7, 11) is 0. The summed E-state index contributed by atoms with van der Waals surface area (Å²) in [5.74, 6) is -0.191. The van der Waals surface area contributed by atoms with E-state index < -0.39 is 0 Å². The lowest BCUT2D eigenvalue weighted by molar-refractivity contribution is -0.120. The van der Waals surface area contributed by atoms with Gasteiger partial charge in [-0.15, -0.1) is 0 Å². The van der Waals surface area contributed by atoms with Gasteiger partial charge in [0, 0.05) is 15.5 Å². The second-order valence-corrected chi connectivity index (χ2v) is 6.11. The minimum atomic E-state index is -0.163. The lowest BCUT2D eigenvalue weighted by atomic mass is 10.0. The minimum absolute atomic E-state index is 0.0286. The van der Waals surface area contributed by atoms with Crippen LogP contribution >= 0.6 is 27.5 Å². The molecule has 0 radical (unpaired) electrons. The first-order chi connectivity index (χ1) is 9.61. The molecular formula is C14H18BrClN2O2. The summed E-state index contributed by atoms with van der Waals surface area (Å²) in [4.78, 5) is 12.3. The van der Waals surface area contributed by atoms with Crippen molar-refractivity contribution in [2.45, 2.75) is 19.4 Å². The van der Waals surface area contributed by atoms with Gasteiger partial charge in [0.2, 0.25) is 5.91 Å². The molecule has 2 rings (SSSR count). The van der Waals surface area contributed by atoms with Crippen molar-refractivity contribution in [3.05, 3.63) is 27.7 Å². The SMILES string of the molecule is CCCNC1COCC1C(=O)Nc1ccc(Cl)cc1Br. The van der Waals surface area contributed by atoms with Crippen LogP contribution in [0.3, 0.4) is 0 Å². The van der Waals surface area contributed by atoms with Gasteiger partial charge in [-0.3, -0.25) is 4.79 Å². The van der Waals surface area contributed by atoms with E-state index in [1.165, 1.54) is 0 Å². The summed E-state index contributed by atoms with van der Waals surface area (Å²) >= 11 is 9.28. The molecule has 4 nitrogen and oxygen atoms in total. The zero-order valence-corrected chi connectivity index (χ0v) is 13.6. The Morgan fingerprint density at radius 1 is 1.50 bits per heavy atom. The van der Waals surface area contributed by atoms with Crippen LogP contribution in [0, 0.1) is 5.92 Å². The Morgan fingerprint density at radius 3 is 3.00 bits per heavy atom. The number of amides is 1. The number of anilines is 1. The number of benzene rings is 1. The van der Waals surface area contributed by atoms with Gasteiger partial charge >= 0.3 is 0 Å². The lowest BCUT2D eigenvalue weighted by Gasteiger charge is -2.18. The molecule has 0 saturated carbocycles. The first-order valence-corrected chi connectivity index (χ1v) is 7.86. The minimum Gasteiger partial charge on any atom is -0.379 e. The molecule has 1 heterocycles. The number of nitrogens with one attached hydrogen (secondary N) is 2. The summed E-state index contributed by atoms with van der Waals surface area (Å²) in [6.45, 7) is 4.03. The molecule has 0 spiro atoms. The monoisotopic (exact) mass is 360 g/mol. The molecule has 1 aliphatic rings. The van der Waals surface area contributed by atoms with Gasteiger partial charge in [-0.25, -0.2) is 0 Å². The van der Waals surface area contributed by atoms with E-state index in [9.17, 15) is 4.79 Å². The van der Waals surface area contributed by atoms with Gasteiger partial charge in [0.25, 0.3) is 0 Å². The van der Waals surface area contributed by atoms with E-state index in [0.29, 0.717) is 18.2 Å². The fourth-order valence-corrected chi connectivity index (χ4v) is 2.94. The number of carbonyl (C=O) groups excluding carboxylic acids is 1. The predicted octanol–water partition coefficient (Wildman–Crippen LogP) is 3.06. The maximum absolute atomic E-state index is 12.3. The largest absolute Gasteiger partial charge is 0.379 e. The molecule has 1 fully saturated rings. The smallest absolute Gasteiger partial charge is 0.231 e. The molecule has 1 amide bonds. The summed E-state index contributed by atoms with van der Waals surface area (Å²) in [5.41, 5.74) is 0.723. The predicted molar refractivity (Wildman–Crippen MR) is 84.2 cm³/mol. The molecule has 1 aromatic carbocycles. The molecule has 1 saturated heterocycles. The molecular weight excluding hydrogens is 344 g/mol. The highest BCUT2D eigenvalue weighted by atomic mass is 79.9. The molecule has 6 heteroatoms. The Bertz CT molecular complexity index is 484. The fraction of sp³-hybridized carbons (Fsp3) is 0.500. The van der Waals surface area contributed by atoms with Gasteiger partial charge in [-0.1, -0.05) is 18.5 Å². The first-order valence-electron chi connectivity index (χ1n) is 6.69. The van der Waals surface area contributed by atoms with E-state index in [2.05, 4.69) is 33.5 Å². The molecule has 2 unspecified atom stereocenters. The Balaban J connectivity index is 2.00. The Hall–Kier alpha value is -0.620. The van der Waals surface area contributed by atoms with Crippen molar-refractivity contribution in [2.24, 2.45) is 5.92 Å². The Labute approximate surface area is 132 Å². The van der Waals surface area contributed by atoms with Crippen LogP contribution in [0.5, 0.6) is 0 Å². The van der Waals surface area contributed by atoms with Crippen LogP contribution in [0.4, 0.5) is 5.69 Å². The van der Waals surface area contributed by atoms with Crippen molar-refractivity contribution in [1.82, 2.24) is 5.32 Å². The van der Waals surface area contributed by atoms with Crippen LogP contribution in [0.1, 0.15) is 13.3 Å². The van der Waals surface area contributed by atoms with Crippen LogP contribution in [-0.2, 0) is 9.53 Å². The maximum Gasteiger partial charge on any atom is 0.231 e. The third kappa shape index (κ3) is 3.95. The Morgan fingerprint density at radius 2 is 2.30 bits per heavy atom. The van der Waals surface area contributed by atoms with Crippen LogP contribution in [0.25, 0.3) is 0 Å². The summed E-state index contributed by atoms with van der Waals surface area (Å²) in [6, 6.07) is 5.38. The summed E-state index contributed by atoms with van der Waals surface area (Å²) in [6.07, 6.45) is 1.04. The highest BCUT2D eigenvalue weighted by Gasteiger charge is 2.33. The maximum atomic E-state index is 12.3. The van der Waals surface area contributed by atoms with Gasteiger partial charge in [-0.05, 0) is 47.1 Å². The van der Waals surface area contributed by atoms with Gasteiger partial charge in [-0.2, -0.15) is 0 Å². The second-order valence-electron chi connectivity index (χ2n) is 4.82. The average Bonchev–Trinajstić information content (AvgIpc) is 2.88. The van der Waals surface area contributed by atoms with Gasteiger partial charge < -0.3 is 15.4 Å². The fourth-order valence-electron chi connectivity index (χ4n) is 2.16. The standard InChI is InChI=1S/C14H18BrClN2O2/c1-2-5-17-13-8-20-7-10(13)14(19)18-12-4-3-9(16)6-11(12)15/h3-4,6,10,13,17H,2,5,7-8H2,1H3,(H,18,19).